The van der Waals surface area contributed by atoms with Crippen LogP contribution in [0.15, 0.2) is 0 Å². The summed E-state index contributed by atoms with van der Waals surface area (Å²) >= 11 is 0. The molecule has 6 nitrogen and oxygen atoms in total. The molecule has 1 aliphatic heterocycles. The average molecular weight is 261 g/mol. The molecular formula is C12H23NO5. The third-order valence-corrected chi connectivity index (χ3v) is 3.55. The second-order valence-corrected chi connectivity index (χ2v) is 4.94. The van der Waals surface area contributed by atoms with Crippen molar-refractivity contribution in [3.63, 3.8) is 0 Å². The first-order chi connectivity index (χ1) is 8.59. The standard InChI is InChI=1S/C12H23NO5/c1-3-5-6-10(4-2)11-17-8-12(7-14,9-18-11)13(15)16/h10-11,14H,3-9H2,1-2H3. The summed E-state index contributed by atoms with van der Waals surface area (Å²) in [5, 5.41) is 20.0. The average Bonchev–Trinajstić information content (AvgIpc) is 2.40. The molecule has 0 bridgehead atoms. The third-order valence-electron chi connectivity index (χ3n) is 3.55. The predicted octanol–water partition coefficient (Wildman–Crippen LogP) is 1.58. The summed E-state index contributed by atoms with van der Waals surface area (Å²) in [5.41, 5.74) is -1.49. The molecule has 0 aromatic carbocycles. The van der Waals surface area contributed by atoms with Crippen LogP contribution in [-0.2, 0) is 9.47 Å². The summed E-state index contributed by atoms with van der Waals surface area (Å²) in [6.45, 7) is 3.47. The first-order valence-electron chi connectivity index (χ1n) is 6.58. The van der Waals surface area contributed by atoms with Crippen LogP contribution in [0.25, 0.3) is 0 Å². The molecular weight excluding hydrogens is 238 g/mol. The zero-order chi connectivity index (χ0) is 13.6. The van der Waals surface area contributed by atoms with Crippen molar-refractivity contribution in [1.29, 1.82) is 0 Å². The highest BCUT2D eigenvalue weighted by Gasteiger charge is 2.48. The molecule has 1 saturated heterocycles. The highest BCUT2D eigenvalue weighted by Crippen LogP contribution is 2.27. The Morgan fingerprint density at radius 2 is 2.06 bits per heavy atom. The van der Waals surface area contributed by atoms with E-state index in [2.05, 4.69) is 13.8 Å². The lowest BCUT2D eigenvalue weighted by molar-refractivity contribution is -0.595. The zero-order valence-corrected chi connectivity index (χ0v) is 11.1. The van der Waals surface area contributed by atoms with Gasteiger partial charge in [0.05, 0.1) is 0 Å². The molecule has 6 heteroatoms. The lowest BCUT2D eigenvalue weighted by Gasteiger charge is -2.35. The number of hydrogen-bond donors (Lipinski definition) is 1. The topological polar surface area (TPSA) is 81.8 Å². The summed E-state index contributed by atoms with van der Waals surface area (Å²) in [4.78, 5) is 10.4. The maximum atomic E-state index is 10.9. The van der Waals surface area contributed by atoms with E-state index in [0.29, 0.717) is 0 Å². The quantitative estimate of drug-likeness (QED) is 0.556. The van der Waals surface area contributed by atoms with Crippen LogP contribution in [0.3, 0.4) is 0 Å². The van der Waals surface area contributed by atoms with Crippen molar-refractivity contribution in [3.05, 3.63) is 10.1 Å². The van der Waals surface area contributed by atoms with Crippen molar-refractivity contribution in [2.24, 2.45) is 5.92 Å². The lowest BCUT2D eigenvalue weighted by atomic mass is 9.97. The van der Waals surface area contributed by atoms with Gasteiger partial charge in [0.15, 0.2) is 6.29 Å². The minimum absolute atomic E-state index is 0.0796. The maximum absolute atomic E-state index is 10.9. The van der Waals surface area contributed by atoms with Crippen LogP contribution in [0.2, 0.25) is 0 Å². The first-order valence-corrected chi connectivity index (χ1v) is 6.58. The number of rotatable bonds is 7. The number of aliphatic hydroxyl groups is 1. The van der Waals surface area contributed by atoms with Gasteiger partial charge in [-0.1, -0.05) is 26.7 Å². The molecule has 1 atom stereocenters. The van der Waals surface area contributed by atoms with E-state index < -0.39 is 17.1 Å². The summed E-state index contributed by atoms with van der Waals surface area (Å²) < 4.78 is 10.9. The van der Waals surface area contributed by atoms with Crippen LogP contribution in [0, 0.1) is 16.0 Å². The van der Waals surface area contributed by atoms with Crippen LogP contribution < -0.4 is 0 Å². The molecule has 0 aliphatic carbocycles. The Bertz CT molecular complexity index is 263. The van der Waals surface area contributed by atoms with Crippen molar-refractivity contribution in [2.75, 3.05) is 19.8 Å². The van der Waals surface area contributed by atoms with Crippen molar-refractivity contribution in [3.8, 4) is 0 Å². The Morgan fingerprint density at radius 3 is 2.44 bits per heavy atom. The summed E-state index contributed by atoms with van der Waals surface area (Å²) in [7, 11) is 0. The molecule has 106 valence electrons. The molecule has 0 spiro atoms. The van der Waals surface area contributed by atoms with Gasteiger partial charge in [-0.3, -0.25) is 10.1 Å². The molecule has 1 fully saturated rings. The number of hydrogen-bond acceptors (Lipinski definition) is 5. The van der Waals surface area contributed by atoms with E-state index >= 15 is 0 Å². The second kappa shape index (κ2) is 7.01. The molecule has 1 aliphatic rings. The fraction of sp³-hybridized carbons (Fsp3) is 1.00. The smallest absolute Gasteiger partial charge is 0.290 e. The molecule has 0 saturated carbocycles. The lowest BCUT2D eigenvalue weighted by Crippen LogP contribution is -2.56. The molecule has 0 amide bonds. The van der Waals surface area contributed by atoms with Gasteiger partial charge in [-0.25, -0.2) is 0 Å². The number of nitrogens with zero attached hydrogens (tertiary/aromatic N) is 1. The molecule has 1 heterocycles. The molecule has 1 rings (SSSR count). The van der Waals surface area contributed by atoms with Gasteiger partial charge in [0.25, 0.3) is 5.54 Å². The highest BCUT2D eigenvalue weighted by molar-refractivity contribution is 4.82. The highest BCUT2D eigenvalue weighted by atomic mass is 16.7. The fourth-order valence-electron chi connectivity index (χ4n) is 2.09. The SMILES string of the molecule is CCCCC(CC)C1OCC(CO)([N+](=O)[O-])CO1. The van der Waals surface area contributed by atoms with E-state index in [9.17, 15) is 10.1 Å². The van der Waals surface area contributed by atoms with E-state index in [1.807, 2.05) is 0 Å². The van der Waals surface area contributed by atoms with E-state index in [-0.39, 0.29) is 25.4 Å². The maximum Gasteiger partial charge on any atom is 0.290 e. The van der Waals surface area contributed by atoms with Gasteiger partial charge in [-0.2, -0.15) is 0 Å². The summed E-state index contributed by atoms with van der Waals surface area (Å²) in [5.74, 6) is 0.272. The molecule has 0 radical (unpaired) electrons. The second-order valence-electron chi connectivity index (χ2n) is 4.94. The normalized spacial score (nSPS) is 30.1. The Labute approximate surface area is 107 Å². The fourth-order valence-corrected chi connectivity index (χ4v) is 2.09. The van der Waals surface area contributed by atoms with Crippen LogP contribution >= 0.6 is 0 Å². The van der Waals surface area contributed by atoms with E-state index in [1.54, 1.807) is 0 Å². The minimum Gasteiger partial charge on any atom is -0.389 e. The predicted molar refractivity (Wildman–Crippen MR) is 65.8 cm³/mol. The zero-order valence-electron chi connectivity index (χ0n) is 11.1. The van der Waals surface area contributed by atoms with Gasteiger partial charge in [0.2, 0.25) is 0 Å². The number of nitro groups is 1. The first kappa shape index (κ1) is 15.3. The Hall–Kier alpha value is -0.720. The number of aliphatic hydroxyl groups excluding tert-OH is 1. The molecule has 18 heavy (non-hydrogen) atoms. The molecule has 1 N–H and O–H groups in total. The Balaban J connectivity index is 2.53. The van der Waals surface area contributed by atoms with E-state index in [0.717, 1.165) is 25.7 Å². The van der Waals surface area contributed by atoms with Crippen LogP contribution in [0.1, 0.15) is 39.5 Å². The van der Waals surface area contributed by atoms with Gasteiger partial charge in [-0.05, 0) is 12.8 Å². The Morgan fingerprint density at radius 1 is 1.44 bits per heavy atom. The number of unbranched alkanes of at least 4 members (excludes halogenated alkanes) is 1. The largest absolute Gasteiger partial charge is 0.389 e. The van der Waals surface area contributed by atoms with Crippen molar-refractivity contribution in [1.82, 2.24) is 0 Å². The van der Waals surface area contributed by atoms with Crippen molar-refractivity contribution in [2.45, 2.75) is 51.4 Å². The van der Waals surface area contributed by atoms with Gasteiger partial charge in [0.1, 0.15) is 19.8 Å². The summed E-state index contributed by atoms with van der Waals surface area (Å²) in [6.07, 6.45) is 3.76. The number of ether oxygens (including phenoxy) is 2. The Kier molecular flexibility index (Phi) is 5.98. The van der Waals surface area contributed by atoms with E-state index in [1.165, 1.54) is 0 Å². The van der Waals surface area contributed by atoms with Crippen molar-refractivity contribution >= 4 is 0 Å². The third kappa shape index (κ3) is 3.40. The van der Waals surface area contributed by atoms with Crippen LogP contribution in [0.5, 0.6) is 0 Å². The van der Waals surface area contributed by atoms with Gasteiger partial charge in [0, 0.05) is 10.8 Å². The van der Waals surface area contributed by atoms with Gasteiger partial charge >= 0.3 is 0 Å². The van der Waals surface area contributed by atoms with Crippen molar-refractivity contribution < 1.29 is 19.5 Å². The monoisotopic (exact) mass is 261 g/mol. The van der Waals surface area contributed by atoms with E-state index in [4.69, 9.17) is 14.6 Å². The minimum atomic E-state index is -1.49. The van der Waals surface area contributed by atoms with Crippen LogP contribution in [-0.4, -0.2) is 41.7 Å². The van der Waals surface area contributed by atoms with Crippen LogP contribution in [0.4, 0.5) is 0 Å². The molecule has 1 unspecified atom stereocenters. The summed E-state index contributed by atoms with van der Waals surface area (Å²) in [6, 6.07) is 0. The molecule has 0 aromatic heterocycles. The van der Waals surface area contributed by atoms with Gasteiger partial charge < -0.3 is 14.6 Å². The molecule has 0 aromatic rings. The van der Waals surface area contributed by atoms with Gasteiger partial charge in [-0.15, -0.1) is 0 Å².